The van der Waals surface area contributed by atoms with Gasteiger partial charge >= 0.3 is 0 Å². The van der Waals surface area contributed by atoms with Crippen LogP contribution in [0.5, 0.6) is 0 Å². The number of rotatable bonds is 6. The molecule has 0 unspecified atom stereocenters. The average Bonchev–Trinajstić information content (AvgIpc) is 2.27. The minimum absolute atomic E-state index is 0.0778. The van der Waals surface area contributed by atoms with E-state index in [0.29, 0.717) is 23.7 Å². The zero-order valence-corrected chi connectivity index (χ0v) is 12.6. The van der Waals surface area contributed by atoms with Crippen LogP contribution in [0.15, 0.2) is 18.2 Å². The number of para-hydroxylation sites is 1. The summed E-state index contributed by atoms with van der Waals surface area (Å²) >= 11 is 6.14. The monoisotopic (exact) mass is 284 g/mol. The minimum atomic E-state index is -0.0778. The lowest BCUT2D eigenvalue weighted by molar-refractivity contribution is -0.117. The third-order valence-corrected chi connectivity index (χ3v) is 2.79. The Labute approximate surface area is 119 Å². The van der Waals surface area contributed by atoms with Gasteiger partial charge in [0.2, 0.25) is 5.91 Å². The molecule has 0 aliphatic rings. The molecule has 106 valence electrons. The Morgan fingerprint density at radius 2 is 2.11 bits per heavy atom. The Morgan fingerprint density at radius 1 is 1.42 bits per heavy atom. The predicted molar refractivity (Wildman–Crippen MR) is 80.1 cm³/mol. The number of anilines is 2. The van der Waals surface area contributed by atoms with Gasteiger partial charge < -0.3 is 15.0 Å². The number of hydrogen-bond donors (Lipinski definition) is 1. The number of benzene rings is 1. The van der Waals surface area contributed by atoms with Crippen molar-refractivity contribution in [2.75, 3.05) is 30.9 Å². The number of nitrogens with one attached hydrogen (secondary N) is 1. The Kier molecular flexibility index (Phi) is 6.12. The molecule has 1 aromatic rings. The summed E-state index contributed by atoms with van der Waals surface area (Å²) in [5.74, 6) is -0.0778. The summed E-state index contributed by atoms with van der Waals surface area (Å²) in [6.45, 7) is 4.30. The second-order valence-electron chi connectivity index (χ2n) is 4.75. The fourth-order valence-electron chi connectivity index (χ4n) is 1.67. The molecule has 19 heavy (non-hydrogen) atoms. The van der Waals surface area contributed by atoms with Crippen LogP contribution >= 0.6 is 11.6 Å². The molecule has 0 radical (unpaired) electrons. The van der Waals surface area contributed by atoms with E-state index >= 15 is 0 Å². The van der Waals surface area contributed by atoms with E-state index in [0.717, 1.165) is 5.69 Å². The summed E-state index contributed by atoms with van der Waals surface area (Å²) in [5.41, 5.74) is 1.52. The molecule has 0 aromatic heterocycles. The standard InChI is InChI=1S/C14H21ClN2O2/c1-10(2)19-9-8-13(18)16-12-7-5-6-11(15)14(12)17(3)4/h5-7,10H,8-9H2,1-4H3,(H,16,18). The highest BCUT2D eigenvalue weighted by Crippen LogP contribution is 2.32. The molecular weight excluding hydrogens is 264 g/mol. The first-order valence-electron chi connectivity index (χ1n) is 6.29. The number of hydrogen-bond acceptors (Lipinski definition) is 3. The fourth-order valence-corrected chi connectivity index (χ4v) is 2.01. The molecule has 1 N–H and O–H groups in total. The lowest BCUT2D eigenvalue weighted by Gasteiger charge is -2.19. The van der Waals surface area contributed by atoms with E-state index < -0.39 is 0 Å². The zero-order chi connectivity index (χ0) is 14.4. The summed E-state index contributed by atoms with van der Waals surface area (Å²) < 4.78 is 5.35. The Morgan fingerprint density at radius 3 is 2.68 bits per heavy atom. The third kappa shape index (κ3) is 5.09. The van der Waals surface area contributed by atoms with Crippen molar-refractivity contribution >= 4 is 28.9 Å². The minimum Gasteiger partial charge on any atom is -0.378 e. The highest BCUT2D eigenvalue weighted by atomic mass is 35.5. The molecule has 0 saturated heterocycles. The molecular formula is C14H21ClN2O2. The van der Waals surface area contributed by atoms with Crippen molar-refractivity contribution in [3.63, 3.8) is 0 Å². The molecule has 1 amide bonds. The molecule has 0 aliphatic carbocycles. The molecule has 0 heterocycles. The predicted octanol–water partition coefficient (Wildman–Crippen LogP) is 3.16. The van der Waals surface area contributed by atoms with E-state index in [1.54, 1.807) is 6.07 Å². The van der Waals surface area contributed by atoms with Gasteiger partial charge in [-0.1, -0.05) is 17.7 Å². The van der Waals surface area contributed by atoms with Crippen LogP contribution in [0, 0.1) is 0 Å². The number of nitrogens with zero attached hydrogens (tertiary/aromatic N) is 1. The number of carbonyl (C=O) groups is 1. The van der Waals surface area contributed by atoms with E-state index in [1.807, 2.05) is 45.0 Å². The first-order valence-corrected chi connectivity index (χ1v) is 6.67. The van der Waals surface area contributed by atoms with Gasteiger partial charge in [-0.15, -0.1) is 0 Å². The van der Waals surface area contributed by atoms with Gasteiger partial charge in [-0.25, -0.2) is 0 Å². The normalized spacial score (nSPS) is 10.6. The van der Waals surface area contributed by atoms with Crippen molar-refractivity contribution in [2.24, 2.45) is 0 Å². The topological polar surface area (TPSA) is 41.6 Å². The van der Waals surface area contributed by atoms with Crippen LogP contribution in [0.3, 0.4) is 0 Å². The maximum atomic E-state index is 11.8. The van der Waals surface area contributed by atoms with Gasteiger partial charge in [-0.05, 0) is 26.0 Å². The maximum Gasteiger partial charge on any atom is 0.226 e. The van der Waals surface area contributed by atoms with Crippen molar-refractivity contribution in [3.8, 4) is 0 Å². The number of amides is 1. The van der Waals surface area contributed by atoms with Gasteiger partial charge in [-0.2, -0.15) is 0 Å². The average molecular weight is 285 g/mol. The Hall–Kier alpha value is -1.26. The second-order valence-corrected chi connectivity index (χ2v) is 5.16. The summed E-state index contributed by atoms with van der Waals surface area (Å²) in [5, 5.41) is 3.47. The van der Waals surface area contributed by atoms with E-state index in [1.165, 1.54) is 0 Å². The Balaban J connectivity index is 2.66. The van der Waals surface area contributed by atoms with E-state index in [9.17, 15) is 4.79 Å². The molecule has 4 nitrogen and oxygen atoms in total. The van der Waals surface area contributed by atoms with E-state index in [2.05, 4.69) is 5.32 Å². The molecule has 5 heteroatoms. The second kappa shape index (κ2) is 7.36. The molecule has 0 aliphatic heterocycles. The van der Waals surface area contributed by atoms with Crippen LogP contribution < -0.4 is 10.2 Å². The van der Waals surface area contributed by atoms with Crippen LogP contribution in [-0.2, 0) is 9.53 Å². The van der Waals surface area contributed by atoms with Crippen molar-refractivity contribution < 1.29 is 9.53 Å². The highest BCUT2D eigenvalue weighted by Gasteiger charge is 2.11. The van der Waals surface area contributed by atoms with Crippen molar-refractivity contribution in [1.29, 1.82) is 0 Å². The lowest BCUT2D eigenvalue weighted by Crippen LogP contribution is -2.18. The Bertz CT molecular complexity index is 433. The highest BCUT2D eigenvalue weighted by molar-refractivity contribution is 6.34. The van der Waals surface area contributed by atoms with Gasteiger partial charge in [0.1, 0.15) is 0 Å². The van der Waals surface area contributed by atoms with E-state index in [4.69, 9.17) is 16.3 Å². The van der Waals surface area contributed by atoms with Gasteiger partial charge in [0.25, 0.3) is 0 Å². The number of carbonyl (C=O) groups excluding carboxylic acids is 1. The quantitative estimate of drug-likeness (QED) is 0.872. The van der Waals surface area contributed by atoms with Crippen LogP contribution in [0.1, 0.15) is 20.3 Å². The zero-order valence-electron chi connectivity index (χ0n) is 11.9. The summed E-state index contributed by atoms with van der Waals surface area (Å²) in [4.78, 5) is 13.7. The van der Waals surface area contributed by atoms with Crippen LogP contribution in [0.25, 0.3) is 0 Å². The van der Waals surface area contributed by atoms with Gasteiger partial charge in [0.05, 0.1) is 35.5 Å². The first-order chi connectivity index (χ1) is 8.91. The summed E-state index contributed by atoms with van der Waals surface area (Å²) in [6, 6.07) is 5.45. The molecule has 0 bridgehead atoms. The molecule has 0 fully saturated rings. The maximum absolute atomic E-state index is 11.8. The number of halogens is 1. The molecule has 1 rings (SSSR count). The van der Waals surface area contributed by atoms with Gasteiger partial charge in [-0.3, -0.25) is 4.79 Å². The number of ether oxygens (including phenoxy) is 1. The van der Waals surface area contributed by atoms with Crippen LogP contribution in [0.4, 0.5) is 11.4 Å². The van der Waals surface area contributed by atoms with Crippen LogP contribution in [-0.4, -0.2) is 32.7 Å². The fraction of sp³-hybridized carbons (Fsp3) is 0.500. The molecule has 1 aromatic carbocycles. The smallest absolute Gasteiger partial charge is 0.226 e. The SMILES string of the molecule is CC(C)OCCC(=O)Nc1cccc(Cl)c1N(C)C. The van der Waals surface area contributed by atoms with Crippen molar-refractivity contribution in [2.45, 2.75) is 26.4 Å². The van der Waals surface area contributed by atoms with Gasteiger partial charge in [0.15, 0.2) is 0 Å². The summed E-state index contributed by atoms with van der Waals surface area (Å²) in [6.07, 6.45) is 0.466. The van der Waals surface area contributed by atoms with Crippen LogP contribution in [0.2, 0.25) is 5.02 Å². The summed E-state index contributed by atoms with van der Waals surface area (Å²) in [7, 11) is 3.78. The van der Waals surface area contributed by atoms with Gasteiger partial charge in [0, 0.05) is 14.1 Å². The molecule has 0 spiro atoms. The lowest BCUT2D eigenvalue weighted by atomic mass is 10.2. The molecule has 0 atom stereocenters. The van der Waals surface area contributed by atoms with E-state index in [-0.39, 0.29) is 12.0 Å². The van der Waals surface area contributed by atoms with Crippen molar-refractivity contribution in [3.05, 3.63) is 23.2 Å². The first kappa shape index (κ1) is 15.8. The van der Waals surface area contributed by atoms with Crippen molar-refractivity contribution in [1.82, 2.24) is 0 Å². The third-order valence-electron chi connectivity index (χ3n) is 2.49. The molecule has 0 saturated carbocycles. The largest absolute Gasteiger partial charge is 0.378 e.